The number of hydrogen-bond donors (Lipinski definition) is 0. The number of fused-ring (bicyclic) bond motifs is 8. The van der Waals surface area contributed by atoms with Gasteiger partial charge in [-0.25, -0.2) is 0 Å². The van der Waals surface area contributed by atoms with Crippen LogP contribution in [0.5, 0.6) is 0 Å². The molecule has 1 aromatic carbocycles. The quantitative estimate of drug-likeness (QED) is 0.739. The maximum atomic E-state index is 13.2. The molecule has 0 N–H and O–H groups in total. The van der Waals surface area contributed by atoms with Crippen molar-refractivity contribution >= 4 is 40.3 Å². The largest absolute Gasteiger partial charge is 0.383 e. The Balaban J connectivity index is 1.77. The van der Waals surface area contributed by atoms with Crippen LogP contribution in [-0.4, -0.2) is 54.3 Å². The summed E-state index contributed by atoms with van der Waals surface area (Å²) in [4.78, 5) is 15.2. The average Bonchev–Trinajstić information content (AvgIpc) is 3.31. The molecule has 7 heteroatoms. The van der Waals surface area contributed by atoms with Crippen molar-refractivity contribution in [1.82, 2.24) is 9.47 Å². The number of likely N-dealkylation sites (tertiary alicyclic amines) is 1. The molecule has 2 atom stereocenters. The van der Waals surface area contributed by atoms with Crippen LogP contribution in [-0.2, 0) is 25.1 Å². The number of thioether (sulfide) groups is 2. The van der Waals surface area contributed by atoms with E-state index in [1.807, 2.05) is 23.5 Å². The molecule has 2 aliphatic heterocycles. The number of nitrogens with zero attached hydrogens (tertiary/aromatic N) is 2. The molecule has 2 saturated heterocycles. The summed E-state index contributed by atoms with van der Waals surface area (Å²) in [6.45, 7) is 1.78. The number of benzene rings is 1. The highest BCUT2D eigenvalue weighted by molar-refractivity contribution is 8.20. The summed E-state index contributed by atoms with van der Waals surface area (Å²) in [5, 5.41) is 1.27. The van der Waals surface area contributed by atoms with Crippen molar-refractivity contribution in [1.29, 1.82) is 0 Å². The van der Waals surface area contributed by atoms with E-state index in [-0.39, 0.29) is 16.0 Å². The predicted octanol–water partition coefficient (Wildman–Crippen LogP) is 3.82. The maximum absolute atomic E-state index is 13.2. The summed E-state index contributed by atoms with van der Waals surface area (Å²) in [6.07, 6.45) is 1.68. The first-order valence-electron chi connectivity index (χ1n) is 9.88. The monoisotopic (exact) mass is 418 g/mol. The summed E-state index contributed by atoms with van der Waals surface area (Å²) in [7, 11) is 3.47. The molecule has 2 fully saturated rings. The molecule has 2 bridgehead atoms. The first-order chi connectivity index (χ1) is 13.7. The van der Waals surface area contributed by atoms with E-state index in [4.69, 9.17) is 9.47 Å². The lowest BCUT2D eigenvalue weighted by Gasteiger charge is -2.50. The van der Waals surface area contributed by atoms with Crippen molar-refractivity contribution in [2.24, 2.45) is 5.92 Å². The second-order valence-corrected chi connectivity index (χ2v) is 10.7. The number of piperidine rings is 1. The van der Waals surface area contributed by atoms with Crippen LogP contribution in [0.4, 0.5) is 0 Å². The molecule has 2 aromatic rings. The molecule has 0 unspecified atom stereocenters. The van der Waals surface area contributed by atoms with Crippen molar-refractivity contribution in [3.63, 3.8) is 0 Å². The number of aromatic nitrogens is 1. The van der Waals surface area contributed by atoms with E-state index in [1.165, 1.54) is 22.2 Å². The van der Waals surface area contributed by atoms with Gasteiger partial charge in [0.1, 0.15) is 10.8 Å². The zero-order valence-corrected chi connectivity index (χ0v) is 18.0. The van der Waals surface area contributed by atoms with Crippen LogP contribution in [0.2, 0.25) is 0 Å². The Labute approximate surface area is 174 Å². The zero-order chi connectivity index (χ0) is 19.3. The highest BCUT2D eigenvalue weighted by Crippen LogP contribution is 2.66. The molecule has 1 aromatic heterocycles. The van der Waals surface area contributed by atoms with E-state index < -0.39 is 0 Å². The van der Waals surface area contributed by atoms with Gasteiger partial charge < -0.3 is 18.9 Å². The normalized spacial score (nSPS) is 25.6. The van der Waals surface area contributed by atoms with Gasteiger partial charge in [0.15, 0.2) is 0 Å². The SMILES string of the molecule is COCCN1C(=O)C[C@@H]2C[C@H]1c1c(n(COC)c3ccccc13)C21SCCS1. The van der Waals surface area contributed by atoms with Gasteiger partial charge in [-0.1, -0.05) is 18.2 Å². The number of hydrogen-bond acceptors (Lipinski definition) is 5. The Bertz CT molecular complexity index is 906. The van der Waals surface area contributed by atoms with Crippen molar-refractivity contribution in [3.8, 4) is 0 Å². The fourth-order valence-corrected chi connectivity index (χ4v) is 8.97. The summed E-state index contributed by atoms with van der Waals surface area (Å²) in [5.74, 6) is 2.93. The molecular formula is C21H26N2O3S2. The Morgan fingerprint density at radius 2 is 1.96 bits per heavy atom. The van der Waals surface area contributed by atoms with Crippen LogP contribution in [0.3, 0.4) is 0 Å². The van der Waals surface area contributed by atoms with Crippen LogP contribution >= 0.6 is 23.5 Å². The van der Waals surface area contributed by atoms with Gasteiger partial charge in [-0.15, -0.1) is 23.5 Å². The molecule has 0 radical (unpaired) electrons. The van der Waals surface area contributed by atoms with Gasteiger partial charge in [0.25, 0.3) is 0 Å². The Morgan fingerprint density at radius 1 is 1.18 bits per heavy atom. The van der Waals surface area contributed by atoms with E-state index in [9.17, 15) is 4.79 Å². The Morgan fingerprint density at radius 3 is 2.71 bits per heavy atom. The molecule has 28 heavy (non-hydrogen) atoms. The summed E-state index contributed by atoms with van der Waals surface area (Å²) in [5.41, 5.74) is 3.95. The maximum Gasteiger partial charge on any atom is 0.223 e. The number of methoxy groups -OCH3 is 2. The molecule has 1 amide bonds. The topological polar surface area (TPSA) is 43.7 Å². The third kappa shape index (κ3) is 2.59. The number of carbonyl (C=O) groups excluding carboxylic acids is 1. The number of rotatable bonds is 5. The Hall–Kier alpha value is -1.15. The molecule has 5 nitrogen and oxygen atoms in total. The van der Waals surface area contributed by atoms with Crippen LogP contribution in [0, 0.1) is 5.92 Å². The van der Waals surface area contributed by atoms with Gasteiger partial charge in [0, 0.05) is 49.6 Å². The molecule has 5 rings (SSSR count). The zero-order valence-electron chi connectivity index (χ0n) is 16.3. The van der Waals surface area contributed by atoms with Gasteiger partial charge in [-0.2, -0.15) is 0 Å². The lowest BCUT2D eigenvalue weighted by atomic mass is 9.76. The third-order valence-electron chi connectivity index (χ3n) is 6.35. The fraction of sp³-hybridized carbons (Fsp3) is 0.571. The van der Waals surface area contributed by atoms with Gasteiger partial charge in [0.05, 0.1) is 23.9 Å². The summed E-state index contributed by atoms with van der Waals surface area (Å²) in [6, 6.07) is 8.74. The summed E-state index contributed by atoms with van der Waals surface area (Å²) < 4.78 is 13.3. The van der Waals surface area contributed by atoms with Gasteiger partial charge in [-0.05, 0) is 18.4 Å². The number of amides is 1. The first-order valence-corrected chi connectivity index (χ1v) is 11.8. The average molecular weight is 419 g/mol. The minimum atomic E-state index is -0.0353. The standard InChI is InChI=1S/C21H26N2O3S2/c1-25-8-7-22-17-11-14(12-18(22)24)21(27-9-10-28-21)20-19(17)15-5-3-4-6-16(15)23(20)13-26-2/h3-6,14,17H,7-13H2,1-2H3/t14-,17-/m0/s1. The van der Waals surface area contributed by atoms with Crippen molar-refractivity contribution in [2.45, 2.75) is 29.7 Å². The highest BCUT2D eigenvalue weighted by Gasteiger charge is 2.57. The molecule has 3 heterocycles. The Kier molecular flexibility index (Phi) is 4.90. The smallest absolute Gasteiger partial charge is 0.223 e. The molecule has 1 aliphatic carbocycles. The second-order valence-electron chi connectivity index (χ2n) is 7.72. The minimum Gasteiger partial charge on any atom is -0.383 e. The highest BCUT2D eigenvalue weighted by atomic mass is 32.2. The number of carbonyl (C=O) groups is 1. The van der Waals surface area contributed by atoms with E-state index in [0.717, 1.165) is 17.9 Å². The number of para-hydroxylation sites is 1. The molecular weight excluding hydrogens is 392 g/mol. The van der Waals surface area contributed by atoms with Gasteiger partial charge in [-0.3, -0.25) is 4.79 Å². The fourth-order valence-electron chi connectivity index (χ4n) is 5.32. The van der Waals surface area contributed by atoms with Crippen LogP contribution in [0.1, 0.15) is 30.1 Å². The molecule has 1 spiro atoms. The van der Waals surface area contributed by atoms with E-state index in [2.05, 4.69) is 33.7 Å². The molecule has 150 valence electrons. The molecule has 3 aliphatic rings. The van der Waals surface area contributed by atoms with Crippen molar-refractivity contribution in [2.75, 3.05) is 38.9 Å². The lowest BCUT2D eigenvalue weighted by molar-refractivity contribution is -0.140. The van der Waals surface area contributed by atoms with E-state index >= 15 is 0 Å². The van der Waals surface area contributed by atoms with Crippen LogP contribution in [0.15, 0.2) is 24.3 Å². The number of ether oxygens (including phenoxy) is 2. The van der Waals surface area contributed by atoms with Gasteiger partial charge in [0.2, 0.25) is 5.91 Å². The second kappa shape index (κ2) is 7.27. The van der Waals surface area contributed by atoms with Gasteiger partial charge >= 0.3 is 0 Å². The minimum absolute atomic E-state index is 0.0353. The van der Waals surface area contributed by atoms with Crippen LogP contribution < -0.4 is 0 Å². The summed E-state index contributed by atoms with van der Waals surface area (Å²) >= 11 is 4.09. The molecule has 0 saturated carbocycles. The third-order valence-corrected chi connectivity index (χ3v) is 10.0. The van der Waals surface area contributed by atoms with Crippen LogP contribution in [0.25, 0.3) is 10.9 Å². The van der Waals surface area contributed by atoms with E-state index in [0.29, 0.717) is 32.2 Å². The first kappa shape index (κ1) is 18.9. The van der Waals surface area contributed by atoms with E-state index in [1.54, 1.807) is 14.2 Å². The van der Waals surface area contributed by atoms with Crippen molar-refractivity contribution < 1.29 is 14.3 Å². The van der Waals surface area contributed by atoms with Crippen molar-refractivity contribution in [3.05, 3.63) is 35.5 Å². The predicted molar refractivity (Wildman–Crippen MR) is 115 cm³/mol. The lowest BCUT2D eigenvalue weighted by Crippen LogP contribution is -2.50.